The highest BCUT2D eigenvalue weighted by molar-refractivity contribution is 9.10. The zero-order valence-corrected chi connectivity index (χ0v) is 12.7. The number of carbonyl (C=O) groups excluding carboxylic acids is 2. The Bertz CT molecular complexity index is 477. The van der Waals surface area contributed by atoms with Crippen molar-refractivity contribution < 1.29 is 9.59 Å². The molecule has 0 aliphatic rings. The Morgan fingerprint density at radius 3 is 2.68 bits per heavy atom. The third-order valence-corrected chi connectivity index (χ3v) is 3.12. The van der Waals surface area contributed by atoms with Crippen LogP contribution >= 0.6 is 15.9 Å². The summed E-state index contributed by atoms with van der Waals surface area (Å²) >= 11 is 3.36. The summed E-state index contributed by atoms with van der Waals surface area (Å²) in [4.78, 5) is 24.7. The van der Waals surface area contributed by atoms with E-state index in [4.69, 9.17) is 5.73 Å². The fraction of sp³-hybridized carbons (Fsp3) is 0.385. The normalized spacial score (nSPS) is 10.1. The average molecular weight is 328 g/mol. The summed E-state index contributed by atoms with van der Waals surface area (Å²) in [6.07, 6.45) is 0.251. The van der Waals surface area contributed by atoms with E-state index in [1.807, 2.05) is 25.1 Å². The van der Waals surface area contributed by atoms with Crippen LogP contribution < -0.4 is 11.1 Å². The van der Waals surface area contributed by atoms with Crippen LogP contribution in [0.5, 0.6) is 0 Å². The van der Waals surface area contributed by atoms with Crippen molar-refractivity contribution >= 4 is 33.4 Å². The SMILES string of the molecule is Cc1cc(Br)ccc1NC(=O)CN(C)C(=O)CCN. The summed E-state index contributed by atoms with van der Waals surface area (Å²) in [6, 6.07) is 5.59. The third kappa shape index (κ3) is 5.00. The molecule has 0 aliphatic heterocycles. The minimum absolute atomic E-state index is 0.0222. The van der Waals surface area contributed by atoms with Gasteiger partial charge in [0.2, 0.25) is 11.8 Å². The molecule has 0 heterocycles. The molecule has 0 spiro atoms. The van der Waals surface area contributed by atoms with Gasteiger partial charge in [-0.15, -0.1) is 0 Å². The van der Waals surface area contributed by atoms with Gasteiger partial charge in [0.15, 0.2) is 0 Å². The summed E-state index contributed by atoms with van der Waals surface area (Å²) in [5.41, 5.74) is 7.00. The van der Waals surface area contributed by atoms with Crippen molar-refractivity contribution in [1.82, 2.24) is 4.90 Å². The summed E-state index contributed by atoms with van der Waals surface area (Å²) in [5.74, 6) is -0.358. The number of benzene rings is 1. The first-order valence-electron chi connectivity index (χ1n) is 5.94. The number of nitrogens with one attached hydrogen (secondary N) is 1. The maximum absolute atomic E-state index is 11.8. The zero-order chi connectivity index (χ0) is 14.4. The number of halogens is 1. The minimum atomic E-state index is -0.224. The number of carbonyl (C=O) groups is 2. The van der Waals surface area contributed by atoms with Gasteiger partial charge < -0.3 is 16.0 Å². The molecule has 6 heteroatoms. The van der Waals surface area contributed by atoms with Gasteiger partial charge in [-0.2, -0.15) is 0 Å². The van der Waals surface area contributed by atoms with Crippen LogP contribution in [-0.2, 0) is 9.59 Å². The van der Waals surface area contributed by atoms with Gasteiger partial charge in [-0.25, -0.2) is 0 Å². The van der Waals surface area contributed by atoms with Gasteiger partial charge in [0.05, 0.1) is 6.54 Å². The maximum Gasteiger partial charge on any atom is 0.243 e. The van der Waals surface area contributed by atoms with E-state index in [9.17, 15) is 9.59 Å². The number of hydrogen-bond donors (Lipinski definition) is 2. The second-order valence-electron chi connectivity index (χ2n) is 4.30. The molecule has 0 aliphatic carbocycles. The lowest BCUT2D eigenvalue weighted by molar-refractivity contribution is -0.133. The monoisotopic (exact) mass is 327 g/mol. The van der Waals surface area contributed by atoms with Gasteiger partial charge in [-0.1, -0.05) is 15.9 Å². The molecule has 2 amide bonds. The van der Waals surface area contributed by atoms with Crippen molar-refractivity contribution in [2.45, 2.75) is 13.3 Å². The molecule has 0 aromatic heterocycles. The topological polar surface area (TPSA) is 75.4 Å². The van der Waals surface area contributed by atoms with Crippen LogP contribution in [0.25, 0.3) is 0 Å². The Kier molecular flexibility index (Phi) is 5.98. The average Bonchev–Trinajstić information content (AvgIpc) is 2.33. The highest BCUT2D eigenvalue weighted by atomic mass is 79.9. The molecule has 1 aromatic rings. The van der Waals surface area contributed by atoms with Gasteiger partial charge in [0, 0.05) is 30.2 Å². The smallest absolute Gasteiger partial charge is 0.243 e. The molecule has 0 fully saturated rings. The first kappa shape index (κ1) is 15.7. The van der Waals surface area contributed by atoms with Gasteiger partial charge in [0.1, 0.15) is 0 Å². The number of nitrogens with two attached hydrogens (primary N) is 1. The van der Waals surface area contributed by atoms with E-state index in [-0.39, 0.29) is 31.3 Å². The van der Waals surface area contributed by atoms with Crippen LogP contribution in [0.3, 0.4) is 0 Å². The highest BCUT2D eigenvalue weighted by Crippen LogP contribution is 2.19. The van der Waals surface area contributed by atoms with Crippen LogP contribution in [0.4, 0.5) is 5.69 Å². The Balaban J connectivity index is 2.58. The lowest BCUT2D eigenvalue weighted by Gasteiger charge is -2.17. The van der Waals surface area contributed by atoms with Gasteiger partial charge in [-0.3, -0.25) is 9.59 Å². The molecule has 0 radical (unpaired) electrons. The van der Waals surface area contributed by atoms with E-state index >= 15 is 0 Å². The number of hydrogen-bond acceptors (Lipinski definition) is 3. The zero-order valence-electron chi connectivity index (χ0n) is 11.1. The van der Waals surface area contributed by atoms with Crippen molar-refractivity contribution in [3.05, 3.63) is 28.2 Å². The molecule has 0 saturated carbocycles. The molecule has 3 N–H and O–H groups in total. The Morgan fingerprint density at radius 1 is 1.42 bits per heavy atom. The van der Waals surface area contributed by atoms with Crippen molar-refractivity contribution in [3.8, 4) is 0 Å². The number of nitrogens with zero attached hydrogens (tertiary/aromatic N) is 1. The van der Waals surface area contributed by atoms with Crippen molar-refractivity contribution in [2.75, 3.05) is 25.5 Å². The molecule has 0 atom stereocenters. The first-order chi connectivity index (χ1) is 8.93. The number of amides is 2. The van der Waals surface area contributed by atoms with Crippen LogP contribution in [0.2, 0.25) is 0 Å². The standard InChI is InChI=1S/C13H18BrN3O2/c1-9-7-10(14)3-4-11(9)16-12(18)8-17(2)13(19)5-6-15/h3-4,7H,5-6,8,15H2,1-2H3,(H,16,18). The molecular weight excluding hydrogens is 310 g/mol. The number of aryl methyl sites for hydroxylation is 1. The van der Waals surface area contributed by atoms with Gasteiger partial charge >= 0.3 is 0 Å². The molecule has 0 bridgehead atoms. The van der Waals surface area contributed by atoms with E-state index in [0.717, 1.165) is 15.7 Å². The molecule has 1 rings (SSSR count). The molecule has 1 aromatic carbocycles. The van der Waals surface area contributed by atoms with Crippen molar-refractivity contribution in [1.29, 1.82) is 0 Å². The largest absolute Gasteiger partial charge is 0.336 e. The predicted octanol–water partition coefficient (Wildman–Crippen LogP) is 1.50. The van der Waals surface area contributed by atoms with Crippen LogP contribution in [0.15, 0.2) is 22.7 Å². The lowest BCUT2D eigenvalue weighted by atomic mass is 10.2. The highest BCUT2D eigenvalue weighted by Gasteiger charge is 2.12. The second-order valence-corrected chi connectivity index (χ2v) is 5.21. The van der Waals surface area contributed by atoms with Crippen LogP contribution in [0, 0.1) is 6.92 Å². The van der Waals surface area contributed by atoms with E-state index in [1.165, 1.54) is 4.90 Å². The van der Waals surface area contributed by atoms with Crippen molar-refractivity contribution in [2.24, 2.45) is 5.73 Å². The second kappa shape index (κ2) is 7.25. The summed E-state index contributed by atoms with van der Waals surface area (Å²) < 4.78 is 0.957. The third-order valence-electron chi connectivity index (χ3n) is 2.63. The summed E-state index contributed by atoms with van der Waals surface area (Å²) in [6.45, 7) is 2.22. The minimum Gasteiger partial charge on any atom is -0.336 e. The fourth-order valence-electron chi connectivity index (χ4n) is 1.57. The van der Waals surface area contributed by atoms with E-state index in [1.54, 1.807) is 7.05 Å². The number of rotatable bonds is 5. The molecule has 0 unspecified atom stereocenters. The van der Waals surface area contributed by atoms with E-state index in [2.05, 4.69) is 21.2 Å². The maximum atomic E-state index is 11.8. The predicted molar refractivity (Wildman–Crippen MR) is 78.8 cm³/mol. The Hall–Kier alpha value is -1.40. The number of anilines is 1. The summed E-state index contributed by atoms with van der Waals surface area (Å²) in [5, 5.41) is 2.78. The van der Waals surface area contributed by atoms with E-state index < -0.39 is 0 Å². The first-order valence-corrected chi connectivity index (χ1v) is 6.73. The number of likely N-dealkylation sites (N-methyl/N-ethyl adjacent to an activating group) is 1. The van der Waals surface area contributed by atoms with Crippen LogP contribution in [0.1, 0.15) is 12.0 Å². The summed E-state index contributed by atoms with van der Waals surface area (Å²) in [7, 11) is 1.59. The molecule has 5 nitrogen and oxygen atoms in total. The molecule has 104 valence electrons. The van der Waals surface area contributed by atoms with Crippen LogP contribution in [-0.4, -0.2) is 36.9 Å². The van der Waals surface area contributed by atoms with Gasteiger partial charge in [0.25, 0.3) is 0 Å². The van der Waals surface area contributed by atoms with E-state index in [0.29, 0.717) is 0 Å². The van der Waals surface area contributed by atoms with Gasteiger partial charge in [-0.05, 0) is 30.7 Å². The lowest BCUT2D eigenvalue weighted by Crippen LogP contribution is -2.35. The quantitative estimate of drug-likeness (QED) is 0.860. The molecule has 19 heavy (non-hydrogen) atoms. The molecular formula is C13H18BrN3O2. The molecule has 0 saturated heterocycles. The van der Waals surface area contributed by atoms with Crippen molar-refractivity contribution in [3.63, 3.8) is 0 Å². The fourth-order valence-corrected chi connectivity index (χ4v) is 2.05. The Morgan fingerprint density at radius 2 is 2.11 bits per heavy atom. The Labute approximate surface area is 121 Å².